The molecule has 3 heterocycles. The Morgan fingerprint density at radius 3 is 2.58 bits per heavy atom. The summed E-state index contributed by atoms with van der Waals surface area (Å²) in [4.78, 5) is 23.1. The third kappa shape index (κ3) is 8.63. The number of nitrogens with one attached hydrogen (secondary N) is 1. The topological polar surface area (TPSA) is 122 Å². The summed E-state index contributed by atoms with van der Waals surface area (Å²) in [6.45, 7) is 18.1. The van der Waals surface area contributed by atoms with Crippen LogP contribution in [0.1, 0.15) is 100 Å². The second-order valence-electron chi connectivity index (χ2n) is 15.1. The van der Waals surface area contributed by atoms with Crippen LogP contribution in [0.2, 0.25) is 25.7 Å². The predicted octanol–water partition coefficient (Wildman–Crippen LogP) is 6.73. The number of rotatable bonds is 10. The first-order valence-corrected chi connectivity index (χ1v) is 19.1. The molecule has 2 atom stereocenters. The molecular weight excluding hydrogens is 558 g/mol. The van der Waals surface area contributed by atoms with Gasteiger partial charge >= 0.3 is 0 Å². The Morgan fingerprint density at radius 2 is 1.95 bits per heavy atom. The zero-order valence-corrected chi connectivity index (χ0v) is 28.2. The van der Waals surface area contributed by atoms with E-state index in [1.54, 1.807) is 10.8 Å². The third-order valence-corrected chi connectivity index (χ3v) is 10.2. The summed E-state index contributed by atoms with van der Waals surface area (Å²) in [6, 6.07) is 6.95. The summed E-state index contributed by atoms with van der Waals surface area (Å²) < 4.78 is 13.7. The van der Waals surface area contributed by atoms with Crippen molar-refractivity contribution in [1.29, 1.82) is 5.26 Å². The molecule has 1 aliphatic carbocycles. The quantitative estimate of drug-likeness (QED) is 0.227. The number of hydrogen-bond acceptors (Lipinski definition) is 7. The van der Waals surface area contributed by atoms with Crippen molar-refractivity contribution in [2.45, 2.75) is 116 Å². The Balaban J connectivity index is 1.64. The Kier molecular flexibility index (Phi) is 9.72. The maximum Gasteiger partial charge on any atom is 0.291 e. The highest BCUT2D eigenvalue weighted by atomic mass is 28.3. The van der Waals surface area contributed by atoms with Gasteiger partial charge in [-0.1, -0.05) is 39.6 Å². The molecule has 1 aliphatic heterocycles. The molecule has 43 heavy (non-hydrogen) atoms. The van der Waals surface area contributed by atoms with Gasteiger partial charge in [-0.15, -0.1) is 0 Å². The Hall–Kier alpha value is -2.84. The maximum absolute atomic E-state index is 13.6. The maximum atomic E-state index is 13.6. The van der Waals surface area contributed by atoms with Crippen molar-refractivity contribution in [3.63, 3.8) is 0 Å². The van der Waals surface area contributed by atoms with Crippen molar-refractivity contribution in [2.24, 2.45) is 5.41 Å². The van der Waals surface area contributed by atoms with Gasteiger partial charge in [0, 0.05) is 32.5 Å². The number of nitrogens with zero attached hydrogens (tertiary/aromatic N) is 4. The van der Waals surface area contributed by atoms with Crippen LogP contribution in [-0.2, 0) is 16.2 Å². The summed E-state index contributed by atoms with van der Waals surface area (Å²) in [7, 11) is -1.26. The molecule has 234 valence electrons. The van der Waals surface area contributed by atoms with Crippen LogP contribution in [0.15, 0.2) is 24.4 Å². The number of carbonyl (C=O) groups is 1. The molecule has 2 unspecified atom stereocenters. The molecule has 4 rings (SSSR count). The van der Waals surface area contributed by atoms with E-state index in [9.17, 15) is 15.2 Å². The number of carbonyl (C=O) groups excluding carboxylic acids is 1. The van der Waals surface area contributed by atoms with Gasteiger partial charge in [0.05, 0.1) is 29.2 Å². The average Bonchev–Trinajstić information content (AvgIpc) is 3.33. The molecule has 2 N–H and O–H groups in total. The Labute approximate surface area is 257 Å². The highest BCUT2D eigenvalue weighted by molar-refractivity contribution is 6.76. The number of aliphatic hydroxyl groups excluding tert-OH is 1. The predicted molar refractivity (Wildman–Crippen MR) is 171 cm³/mol. The first kappa shape index (κ1) is 33.1. The average molecular weight is 608 g/mol. The minimum atomic E-state index is -1.26. The van der Waals surface area contributed by atoms with Crippen LogP contribution < -0.4 is 5.32 Å². The Bertz CT molecular complexity index is 1400. The number of pyridine rings is 1. The SMILES string of the molecule is CC1(C)CC=C(c2nc(C3CC(C)(C)OC(C)(CO)C3)ccc2NC(=O)c2nc(C#N)cn2COCC[Si](C)(C)C)CC1. The number of anilines is 1. The fourth-order valence-corrected chi connectivity index (χ4v) is 6.81. The fraction of sp³-hybridized carbons (Fsp3) is 0.636. The van der Waals surface area contributed by atoms with E-state index in [1.807, 2.05) is 25.1 Å². The first-order valence-electron chi connectivity index (χ1n) is 15.4. The van der Waals surface area contributed by atoms with Crippen LogP contribution >= 0.6 is 0 Å². The standard InChI is InChI=1S/C33H49N5O4Si/c1-31(2)13-11-23(12-14-31)28-27(10-9-26(36-28)24-17-32(3,4)42-33(5,18-24)21-39)37-30(40)29-35-25(19-34)20-38(29)22-41-15-16-43(6,7)8/h9-11,20,24,39H,12-18,21-22H2,1-8H3,(H,37,40). The lowest BCUT2D eigenvalue weighted by molar-refractivity contribution is -0.187. The smallest absolute Gasteiger partial charge is 0.291 e. The van der Waals surface area contributed by atoms with Crippen LogP contribution in [0.5, 0.6) is 0 Å². The van der Waals surface area contributed by atoms with Crippen LogP contribution in [0, 0.1) is 16.7 Å². The molecule has 9 nitrogen and oxygen atoms in total. The molecule has 2 aromatic heterocycles. The van der Waals surface area contributed by atoms with E-state index in [2.05, 4.69) is 63.7 Å². The first-order chi connectivity index (χ1) is 20.0. The van der Waals surface area contributed by atoms with Gasteiger partial charge in [-0.2, -0.15) is 5.26 Å². The van der Waals surface area contributed by atoms with Gasteiger partial charge < -0.3 is 24.5 Å². The van der Waals surface area contributed by atoms with Gasteiger partial charge in [-0.05, 0) is 82.0 Å². The summed E-state index contributed by atoms with van der Waals surface area (Å²) in [6.07, 6.45) is 8.05. The molecule has 0 saturated carbocycles. The lowest BCUT2D eigenvalue weighted by Crippen LogP contribution is -2.48. The molecule has 1 fully saturated rings. The van der Waals surface area contributed by atoms with Gasteiger partial charge in [-0.3, -0.25) is 9.78 Å². The lowest BCUT2D eigenvalue weighted by atomic mass is 9.77. The van der Waals surface area contributed by atoms with Crippen molar-refractivity contribution in [3.05, 3.63) is 47.3 Å². The molecule has 10 heteroatoms. The van der Waals surface area contributed by atoms with Crippen molar-refractivity contribution in [3.8, 4) is 6.07 Å². The number of allylic oxidation sites excluding steroid dienone is 2. The molecule has 2 aliphatic rings. The number of hydrogen-bond donors (Lipinski definition) is 2. The molecule has 1 amide bonds. The van der Waals surface area contributed by atoms with E-state index in [0.29, 0.717) is 18.7 Å². The second-order valence-corrected chi connectivity index (χ2v) is 20.8. The highest BCUT2D eigenvalue weighted by Crippen LogP contribution is 2.44. The number of nitriles is 1. The second kappa shape index (κ2) is 12.6. The molecular formula is C33H49N5O4Si. The van der Waals surface area contributed by atoms with Crippen molar-refractivity contribution in [1.82, 2.24) is 14.5 Å². The van der Waals surface area contributed by atoms with E-state index < -0.39 is 25.2 Å². The number of aromatic nitrogens is 3. The van der Waals surface area contributed by atoms with E-state index in [1.165, 1.54) is 0 Å². The zero-order chi connectivity index (χ0) is 31.6. The number of amides is 1. The summed E-state index contributed by atoms with van der Waals surface area (Å²) >= 11 is 0. The number of ether oxygens (including phenoxy) is 2. The van der Waals surface area contributed by atoms with Crippen LogP contribution in [0.25, 0.3) is 5.57 Å². The zero-order valence-electron chi connectivity index (χ0n) is 27.2. The number of aliphatic hydroxyl groups is 1. The molecule has 0 spiro atoms. The molecule has 1 saturated heterocycles. The fourth-order valence-electron chi connectivity index (χ4n) is 6.05. The third-order valence-electron chi connectivity index (χ3n) is 8.45. The molecule has 0 aromatic carbocycles. The minimum Gasteiger partial charge on any atom is -0.393 e. The van der Waals surface area contributed by atoms with Crippen LogP contribution in [0.4, 0.5) is 5.69 Å². The highest BCUT2D eigenvalue weighted by Gasteiger charge is 2.43. The summed E-state index contributed by atoms with van der Waals surface area (Å²) in [5, 5.41) is 22.7. The van der Waals surface area contributed by atoms with E-state index >= 15 is 0 Å². The monoisotopic (exact) mass is 607 g/mol. The lowest BCUT2D eigenvalue weighted by Gasteiger charge is -2.46. The summed E-state index contributed by atoms with van der Waals surface area (Å²) in [5.74, 6) is -0.193. The van der Waals surface area contributed by atoms with Gasteiger partial charge in [0.15, 0.2) is 5.69 Å². The van der Waals surface area contributed by atoms with E-state index in [4.69, 9.17) is 14.5 Å². The molecule has 2 aromatic rings. The van der Waals surface area contributed by atoms with Crippen LogP contribution in [-0.4, -0.2) is 58.0 Å². The molecule has 0 bridgehead atoms. The van der Waals surface area contributed by atoms with Crippen molar-refractivity contribution in [2.75, 3.05) is 18.5 Å². The Morgan fingerprint density at radius 1 is 1.21 bits per heavy atom. The van der Waals surface area contributed by atoms with E-state index in [0.717, 1.165) is 48.7 Å². The number of imidazole rings is 1. The van der Waals surface area contributed by atoms with E-state index in [-0.39, 0.29) is 36.2 Å². The largest absolute Gasteiger partial charge is 0.393 e. The minimum absolute atomic E-state index is 0.0621. The van der Waals surface area contributed by atoms with Gasteiger partial charge in [-0.25, -0.2) is 4.98 Å². The van der Waals surface area contributed by atoms with Gasteiger partial charge in [0.1, 0.15) is 12.8 Å². The molecule has 0 radical (unpaired) electrons. The van der Waals surface area contributed by atoms with Gasteiger partial charge in [0.25, 0.3) is 5.91 Å². The van der Waals surface area contributed by atoms with Crippen molar-refractivity contribution < 1.29 is 19.4 Å². The van der Waals surface area contributed by atoms with Crippen LogP contribution in [0.3, 0.4) is 0 Å². The van der Waals surface area contributed by atoms with Crippen molar-refractivity contribution >= 4 is 25.2 Å². The van der Waals surface area contributed by atoms with Gasteiger partial charge in [0.2, 0.25) is 5.82 Å². The normalized spacial score (nSPS) is 23.3. The summed E-state index contributed by atoms with van der Waals surface area (Å²) in [5.41, 5.74) is 2.75.